The molecule has 1 aromatic rings. The van der Waals surface area contributed by atoms with Crippen LogP contribution >= 0.6 is 24.0 Å². The molecule has 1 fully saturated rings. The Morgan fingerprint density at radius 2 is 1.76 bits per heavy atom. The second kappa shape index (κ2) is 10.7. The molecule has 0 aliphatic carbocycles. The lowest BCUT2D eigenvalue weighted by molar-refractivity contribution is -0.0494. The van der Waals surface area contributed by atoms with Gasteiger partial charge in [-0.25, -0.2) is 8.42 Å². The fourth-order valence-electron chi connectivity index (χ4n) is 2.87. The summed E-state index contributed by atoms with van der Waals surface area (Å²) < 4.78 is 61.3. The first-order valence-corrected chi connectivity index (χ1v) is 10.3. The molecule has 2 N–H and O–H groups in total. The highest BCUT2D eigenvalue weighted by Crippen LogP contribution is 2.28. The van der Waals surface area contributed by atoms with Crippen LogP contribution in [0.1, 0.15) is 18.4 Å². The minimum Gasteiger partial charge on any atom is -0.378 e. The molecule has 0 unspecified atom stereocenters. The summed E-state index contributed by atoms with van der Waals surface area (Å²) in [6.45, 7) is 0.180. The lowest BCUT2D eigenvalue weighted by atomic mass is 10.1. The van der Waals surface area contributed by atoms with Crippen LogP contribution in [0.3, 0.4) is 0 Å². The number of halogens is 4. The van der Waals surface area contributed by atoms with Crippen LogP contribution < -0.4 is 15.5 Å². The van der Waals surface area contributed by atoms with Crippen LogP contribution in [0.4, 0.5) is 18.9 Å². The van der Waals surface area contributed by atoms with E-state index in [2.05, 4.69) is 15.6 Å². The van der Waals surface area contributed by atoms with Crippen molar-refractivity contribution < 1.29 is 21.6 Å². The van der Waals surface area contributed by atoms with E-state index in [1.54, 1.807) is 7.05 Å². The number of guanidine groups is 1. The summed E-state index contributed by atoms with van der Waals surface area (Å²) in [4.78, 5) is 6.13. The molecule has 1 aliphatic rings. The molecule has 0 saturated carbocycles. The molecule has 0 bridgehead atoms. The summed E-state index contributed by atoms with van der Waals surface area (Å²) in [6.07, 6.45) is 0.543. The second-order valence-corrected chi connectivity index (χ2v) is 8.68. The Morgan fingerprint density at radius 3 is 2.21 bits per heavy atom. The number of alkyl halides is 3. The number of sulfonamides is 1. The molecule has 29 heavy (non-hydrogen) atoms. The molecule has 0 aromatic heterocycles. The molecule has 1 saturated heterocycles. The third-order valence-corrected chi connectivity index (χ3v) is 6.19. The summed E-state index contributed by atoms with van der Waals surface area (Å²) in [7, 11) is 0.273. The lowest BCUT2D eigenvalue weighted by Crippen LogP contribution is -2.51. The maximum atomic E-state index is 12.6. The van der Waals surface area contributed by atoms with E-state index in [0.29, 0.717) is 16.8 Å². The highest BCUT2D eigenvalue weighted by atomic mass is 127. The van der Waals surface area contributed by atoms with E-state index in [-0.39, 0.29) is 55.9 Å². The lowest BCUT2D eigenvalue weighted by Gasteiger charge is -2.32. The van der Waals surface area contributed by atoms with Crippen molar-refractivity contribution in [1.82, 2.24) is 14.9 Å². The number of benzene rings is 1. The number of anilines is 1. The highest BCUT2D eigenvalue weighted by molar-refractivity contribution is 14.0. The van der Waals surface area contributed by atoms with Crippen molar-refractivity contribution in [3.05, 3.63) is 29.8 Å². The summed E-state index contributed by atoms with van der Waals surface area (Å²) in [5, 5.41) is 6.30. The number of rotatable bonds is 5. The number of nitrogens with zero attached hydrogens (tertiary/aromatic N) is 3. The largest absolute Gasteiger partial charge is 0.511 e. The maximum Gasteiger partial charge on any atom is 0.511 e. The van der Waals surface area contributed by atoms with E-state index in [1.165, 1.54) is 0 Å². The zero-order valence-electron chi connectivity index (χ0n) is 16.5. The molecule has 0 atom stereocenters. The second-order valence-electron chi connectivity index (χ2n) is 6.76. The van der Waals surface area contributed by atoms with Crippen LogP contribution in [-0.2, 0) is 16.6 Å². The first-order chi connectivity index (χ1) is 13.0. The van der Waals surface area contributed by atoms with Crippen molar-refractivity contribution in [2.45, 2.75) is 30.9 Å². The fourth-order valence-corrected chi connectivity index (χ4v) is 3.86. The first-order valence-electron chi connectivity index (χ1n) is 8.84. The smallest absolute Gasteiger partial charge is 0.378 e. The van der Waals surface area contributed by atoms with Crippen molar-refractivity contribution in [3.8, 4) is 0 Å². The van der Waals surface area contributed by atoms with Crippen LogP contribution in [-0.4, -0.2) is 64.5 Å². The number of nitrogens with one attached hydrogen (secondary N) is 2. The molecule has 12 heteroatoms. The Bertz CT molecular complexity index is 777. The van der Waals surface area contributed by atoms with Crippen LogP contribution in [0.15, 0.2) is 29.3 Å². The topological polar surface area (TPSA) is 77.0 Å². The van der Waals surface area contributed by atoms with Gasteiger partial charge in [-0.15, -0.1) is 24.0 Å². The Kier molecular flexibility index (Phi) is 9.47. The average Bonchev–Trinajstić information content (AvgIpc) is 2.65. The van der Waals surface area contributed by atoms with Crippen molar-refractivity contribution in [2.24, 2.45) is 4.99 Å². The zero-order valence-corrected chi connectivity index (χ0v) is 19.7. The SMILES string of the molecule is CN=C(NCc1ccc(N(C)C)cc1)NC1CCN(S(=O)(=O)C(F)(F)F)CC1.I. The molecule has 166 valence electrons. The van der Waals surface area contributed by atoms with Gasteiger partial charge >= 0.3 is 15.5 Å². The molecule has 2 rings (SSSR count). The van der Waals surface area contributed by atoms with Crippen LogP contribution in [0.25, 0.3) is 0 Å². The molecule has 1 aromatic carbocycles. The van der Waals surface area contributed by atoms with Crippen LogP contribution in [0.5, 0.6) is 0 Å². The number of aliphatic imine (C=N–C) groups is 1. The Morgan fingerprint density at radius 1 is 1.21 bits per heavy atom. The third kappa shape index (κ3) is 6.88. The molecule has 0 radical (unpaired) electrons. The fraction of sp³-hybridized carbons (Fsp3) is 0.588. The van der Waals surface area contributed by atoms with Gasteiger partial charge in [-0.05, 0) is 30.5 Å². The number of hydrogen-bond acceptors (Lipinski definition) is 4. The van der Waals surface area contributed by atoms with Gasteiger partial charge < -0.3 is 15.5 Å². The molecule has 0 spiro atoms. The van der Waals surface area contributed by atoms with Crippen LogP contribution in [0.2, 0.25) is 0 Å². The van der Waals surface area contributed by atoms with E-state index in [0.717, 1.165) is 11.3 Å². The van der Waals surface area contributed by atoms with Crippen molar-refractivity contribution >= 4 is 45.6 Å². The van der Waals surface area contributed by atoms with Gasteiger partial charge in [0.1, 0.15) is 0 Å². The molecule has 1 heterocycles. The van der Waals surface area contributed by atoms with E-state index >= 15 is 0 Å². The van der Waals surface area contributed by atoms with Gasteiger partial charge in [-0.2, -0.15) is 17.5 Å². The zero-order chi connectivity index (χ0) is 20.9. The van der Waals surface area contributed by atoms with E-state index < -0.39 is 15.5 Å². The number of hydrogen-bond donors (Lipinski definition) is 2. The average molecular weight is 549 g/mol. The molecule has 7 nitrogen and oxygen atoms in total. The monoisotopic (exact) mass is 549 g/mol. The van der Waals surface area contributed by atoms with E-state index in [4.69, 9.17) is 0 Å². The van der Waals surface area contributed by atoms with Crippen LogP contribution in [0, 0.1) is 0 Å². The quantitative estimate of drug-likeness (QED) is 0.335. The highest BCUT2D eigenvalue weighted by Gasteiger charge is 2.50. The predicted octanol–water partition coefficient (Wildman–Crippen LogP) is 2.35. The van der Waals surface area contributed by atoms with Crippen molar-refractivity contribution in [1.29, 1.82) is 0 Å². The summed E-state index contributed by atoms with van der Waals surface area (Å²) in [5.74, 6) is 0.522. The maximum absolute atomic E-state index is 12.6. The predicted molar refractivity (Wildman–Crippen MR) is 119 cm³/mol. The van der Waals surface area contributed by atoms with Gasteiger partial charge in [0, 0.05) is 52.5 Å². The van der Waals surface area contributed by atoms with Gasteiger partial charge in [0.15, 0.2) is 5.96 Å². The normalized spacial score (nSPS) is 16.8. The van der Waals surface area contributed by atoms with Gasteiger partial charge in [0.25, 0.3) is 0 Å². The number of piperidine rings is 1. The Hall–Kier alpha value is -1.28. The Balaban J connectivity index is 0.00000420. The van der Waals surface area contributed by atoms with Crippen molar-refractivity contribution in [2.75, 3.05) is 39.1 Å². The molecular weight excluding hydrogens is 522 g/mol. The molecule has 1 aliphatic heterocycles. The van der Waals surface area contributed by atoms with E-state index in [9.17, 15) is 21.6 Å². The van der Waals surface area contributed by atoms with Gasteiger partial charge in [0.05, 0.1) is 0 Å². The van der Waals surface area contributed by atoms with Gasteiger partial charge in [0.2, 0.25) is 0 Å². The standard InChI is InChI=1S/C17H26F3N5O2S.HI/c1-21-16(22-12-13-4-6-15(7-5-13)24(2)3)23-14-8-10-25(11-9-14)28(26,27)17(18,19)20;/h4-7,14H,8-12H2,1-3H3,(H2,21,22,23);1H. The van der Waals surface area contributed by atoms with Gasteiger partial charge in [-0.3, -0.25) is 4.99 Å². The summed E-state index contributed by atoms with van der Waals surface area (Å²) >= 11 is 0. The minimum atomic E-state index is -5.26. The van der Waals surface area contributed by atoms with Gasteiger partial charge in [-0.1, -0.05) is 12.1 Å². The summed E-state index contributed by atoms with van der Waals surface area (Å²) in [5.41, 5.74) is -3.11. The summed E-state index contributed by atoms with van der Waals surface area (Å²) in [6, 6.07) is 7.85. The van der Waals surface area contributed by atoms with Crippen molar-refractivity contribution in [3.63, 3.8) is 0 Å². The molecule has 0 amide bonds. The molecular formula is C17H27F3IN5O2S. The van der Waals surface area contributed by atoms with E-state index in [1.807, 2.05) is 43.3 Å². The third-order valence-electron chi connectivity index (χ3n) is 4.56. The minimum absolute atomic E-state index is 0. The first kappa shape index (κ1) is 25.8. The Labute approximate surface area is 186 Å².